The minimum Gasteiger partial charge on any atom is -0.350 e. The number of amides is 1. The van der Waals surface area contributed by atoms with Crippen LogP contribution >= 0.6 is 0 Å². The highest BCUT2D eigenvalue weighted by Gasteiger charge is 2.07. The smallest absolute Gasteiger partial charge is 0.269 e. The topological polar surface area (TPSA) is 83.8 Å². The van der Waals surface area contributed by atoms with E-state index in [-0.39, 0.29) is 5.91 Å². The van der Waals surface area contributed by atoms with E-state index in [4.69, 9.17) is 5.73 Å². The Balaban J connectivity index is 2.28. The molecule has 0 fully saturated rings. The molecule has 0 aromatic carbocycles. The predicted octanol–water partition coefficient (Wildman–Crippen LogP) is 0.124. The van der Waals surface area contributed by atoms with Gasteiger partial charge in [-0.15, -0.1) is 0 Å². The van der Waals surface area contributed by atoms with E-state index < -0.39 is 0 Å². The van der Waals surface area contributed by atoms with E-state index in [0.717, 1.165) is 6.42 Å². The Morgan fingerprint density at radius 1 is 1.79 bits per heavy atom. The van der Waals surface area contributed by atoms with Crippen LogP contribution < -0.4 is 11.1 Å². The maximum absolute atomic E-state index is 11.4. The van der Waals surface area contributed by atoms with Crippen LogP contribution in [-0.2, 0) is 0 Å². The first-order valence-corrected chi connectivity index (χ1v) is 4.71. The molecule has 1 heterocycles. The third kappa shape index (κ3) is 3.18. The van der Waals surface area contributed by atoms with Gasteiger partial charge in [0.2, 0.25) is 0 Å². The van der Waals surface area contributed by atoms with Gasteiger partial charge in [-0.2, -0.15) is 5.10 Å². The van der Waals surface area contributed by atoms with E-state index in [2.05, 4.69) is 22.4 Å². The van der Waals surface area contributed by atoms with Gasteiger partial charge < -0.3 is 11.1 Å². The molecule has 1 unspecified atom stereocenters. The van der Waals surface area contributed by atoms with Crippen molar-refractivity contribution in [2.24, 2.45) is 11.7 Å². The monoisotopic (exact) mass is 196 g/mol. The number of nitrogens with two attached hydrogens (primary N) is 1. The lowest BCUT2D eigenvalue weighted by atomic mass is 10.1. The van der Waals surface area contributed by atoms with Gasteiger partial charge in [-0.25, -0.2) is 0 Å². The fourth-order valence-corrected chi connectivity index (χ4v) is 1.13. The fraction of sp³-hybridized carbons (Fsp3) is 0.556. The van der Waals surface area contributed by atoms with Crippen LogP contribution in [0.3, 0.4) is 0 Å². The number of aromatic nitrogens is 2. The third-order valence-electron chi connectivity index (χ3n) is 2.02. The number of hydrogen-bond donors (Lipinski definition) is 3. The molecule has 0 saturated heterocycles. The Hall–Kier alpha value is -1.36. The molecule has 0 radical (unpaired) electrons. The summed E-state index contributed by atoms with van der Waals surface area (Å²) in [5.41, 5.74) is 5.89. The van der Waals surface area contributed by atoms with Crippen LogP contribution in [0.25, 0.3) is 0 Å². The maximum Gasteiger partial charge on any atom is 0.269 e. The van der Waals surface area contributed by atoms with Gasteiger partial charge in [0, 0.05) is 12.7 Å². The van der Waals surface area contributed by atoms with Gasteiger partial charge in [-0.1, -0.05) is 6.92 Å². The molecule has 5 nitrogen and oxygen atoms in total. The zero-order valence-corrected chi connectivity index (χ0v) is 8.29. The molecule has 1 atom stereocenters. The summed E-state index contributed by atoms with van der Waals surface area (Å²) in [6.07, 6.45) is 2.47. The molecular formula is C9H16N4O. The van der Waals surface area contributed by atoms with Gasteiger partial charge in [0.1, 0.15) is 5.69 Å². The van der Waals surface area contributed by atoms with E-state index in [1.807, 2.05) is 0 Å². The standard InChI is InChI=1S/C9H16N4O/c1-7(2-4-10)6-11-9(14)8-3-5-12-13-8/h3,5,7H,2,4,6,10H2,1H3,(H,11,14)(H,12,13). The molecule has 14 heavy (non-hydrogen) atoms. The summed E-state index contributed by atoms with van der Waals surface area (Å²) >= 11 is 0. The molecule has 0 aliphatic heterocycles. The van der Waals surface area contributed by atoms with Gasteiger partial charge >= 0.3 is 0 Å². The first-order valence-electron chi connectivity index (χ1n) is 4.71. The molecule has 0 aliphatic carbocycles. The Morgan fingerprint density at radius 2 is 2.57 bits per heavy atom. The van der Waals surface area contributed by atoms with Crippen molar-refractivity contribution < 1.29 is 4.79 Å². The van der Waals surface area contributed by atoms with Crippen LogP contribution in [0.2, 0.25) is 0 Å². The number of carbonyl (C=O) groups is 1. The Morgan fingerprint density at radius 3 is 3.14 bits per heavy atom. The number of hydrogen-bond acceptors (Lipinski definition) is 3. The summed E-state index contributed by atoms with van der Waals surface area (Å²) in [7, 11) is 0. The van der Waals surface area contributed by atoms with Gasteiger partial charge in [-0.3, -0.25) is 9.89 Å². The van der Waals surface area contributed by atoms with Gasteiger partial charge in [-0.05, 0) is 24.9 Å². The molecular weight excluding hydrogens is 180 g/mol. The highest BCUT2D eigenvalue weighted by molar-refractivity contribution is 5.92. The number of rotatable bonds is 5. The van der Waals surface area contributed by atoms with Crippen LogP contribution in [0.15, 0.2) is 12.3 Å². The van der Waals surface area contributed by atoms with E-state index in [0.29, 0.717) is 24.7 Å². The summed E-state index contributed by atoms with van der Waals surface area (Å²) in [6, 6.07) is 1.64. The molecule has 1 rings (SSSR count). The van der Waals surface area contributed by atoms with Crippen molar-refractivity contribution in [3.63, 3.8) is 0 Å². The van der Waals surface area contributed by atoms with Gasteiger partial charge in [0.05, 0.1) is 0 Å². The van der Waals surface area contributed by atoms with Crippen molar-refractivity contribution >= 4 is 5.91 Å². The van der Waals surface area contributed by atoms with Crippen molar-refractivity contribution in [3.05, 3.63) is 18.0 Å². The molecule has 4 N–H and O–H groups in total. The normalized spacial score (nSPS) is 12.4. The molecule has 0 spiro atoms. The van der Waals surface area contributed by atoms with Crippen molar-refractivity contribution in [1.82, 2.24) is 15.5 Å². The average molecular weight is 196 g/mol. The lowest BCUT2D eigenvalue weighted by molar-refractivity contribution is 0.0942. The summed E-state index contributed by atoms with van der Waals surface area (Å²) in [4.78, 5) is 11.4. The number of nitrogens with zero attached hydrogens (tertiary/aromatic N) is 1. The van der Waals surface area contributed by atoms with Crippen LogP contribution in [0.1, 0.15) is 23.8 Å². The molecule has 0 aliphatic rings. The molecule has 1 aromatic rings. The van der Waals surface area contributed by atoms with Crippen molar-refractivity contribution in [2.45, 2.75) is 13.3 Å². The summed E-state index contributed by atoms with van der Waals surface area (Å²) in [5.74, 6) is 0.290. The second-order valence-electron chi connectivity index (χ2n) is 3.36. The summed E-state index contributed by atoms with van der Waals surface area (Å²) < 4.78 is 0. The van der Waals surface area contributed by atoms with Crippen LogP contribution in [0.4, 0.5) is 0 Å². The summed E-state index contributed by atoms with van der Waals surface area (Å²) in [5, 5.41) is 9.11. The molecule has 78 valence electrons. The number of carbonyl (C=O) groups excluding carboxylic acids is 1. The van der Waals surface area contributed by atoms with E-state index in [9.17, 15) is 4.79 Å². The lowest BCUT2D eigenvalue weighted by Gasteiger charge is -2.10. The van der Waals surface area contributed by atoms with Crippen molar-refractivity contribution in [3.8, 4) is 0 Å². The quantitative estimate of drug-likeness (QED) is 0.625. The first-order chi connectivity index (χ1) is 6.74. The Bertz CT molecular complexity index is 270. The second-order valence-corrected chi connectivity index (χ2v) is 3.36. The van der Waals surface area contributed by atoms with Crippen LogP contribution in [0.5, 0.6) is 0 Å². The average Bonchev–Trinajstić information content (AvgIpc) is 2.67. The van der Waals surface area contributed by atoms with E-state index >= 15 is 0 Å². The van der Waals surface area contributed by atoms with Gasteiger partial charge in [0.15, 0.2) is 0 Å². The number of aromatic amines is 1. The first kappa shape index (κ1) is 10.7. The molecule has 1 aromatic heterocycles. The second kappa shape index (κ2) is 5.39. The lowest BCUT2D eigenvalue weighted by Crippen LogP contribution is -2.29. The molecule has 0 saturated carbocycles. The minimum absolute atomic E-state index is 0.119. The number of H-pyrrole nitrogens is 1. The van der Waals surface area contributed by atoms with Crippen LogP contribution in [-0.4, -0.2) is 29.2 Å². The highest BCUT2D eigenvalue weighted by atomic mass is 16.1. The number of nitrogens with one attached hydrogen (secondary N) is 2. The predicted molar refractivity (Wildman–Crippen MR) is 53.8 cm³/mol. The largest absolute Gasteiger partial charge is 0.350 e. The Labute approximate surface area is 83.1 Å². The molecule has 0 bridgehead atoms. The van der Waals surface area contributed by atoms with Crippen molar-refractivity contribution in [2.75, 3.05) is 13.1 Å². The van der Waals surface area contributed by atoms with Crippen LogP contribution in [0, 0.1) is 5.92 Å². The van der Waals surface area contributed by atoms with Gasteiger partial charge in [0.25, 0.3) is 5.91 Å². The fourth-order valence-electron chi connectivity index (χ4n) is 1.13. The Kier molecular flexibility index (Phi) is 4.12. The highest BCUT2D eigenvalue weighted by Crippen LogP contribution is 1.98. The maximum atomic E-state index is 11.4. The van der Waals surface area contributed by atoms with Crippen molar-refractivity contribution in [1.29, 1.82) is 0 Å². The SMILES string of the molecule is CC(CCN)CNC(=O)c1ccn[nH]1. The third-order valence-corrected chi connectivity index (χ3v) is 2.02. The minimum atomic E-state index is -0.119. The molecule has 1 amide bonds. The zero-order valence-electron chi connectivity index (χ0n) is 8.29. The zero-order chi connectivity index (χ0) is 10.4. The molecule has 5 heteroatoms. The van der Waals surface area contributed by atoms with E-state index in [1.54, 1.807) is 12.3 Å². The van der Waals surface area contributed by atoms with E-state index in [1.165, 1.54) is 0 Å². The summed E-state index contributed by atoms with van der Waals surface area (Å²) in [6.45, 7) is 3.36.